The topological polar surface area (TPSA) is 62.1 Å². The van der Waals surface area contributed by atoms with E-state index in [0.717, 1.165) is 0 Å². The monoisotopic (exact) mass is 182 g/mol. The van der Waals surface area contributed by atoms with Gasteiger partial charge in [-0.15, -0.1) is 0 Å². The fraction of sp³-hybridized carbons (Fsp3) is 0.778. The van der Waals surface area contributed by atoms with Crippen molar-refractivity contribution >= 4 is 5.91 Å². The maximum atomic E-state index is 11.5. The van der Waals surface area contributed by atoms with Gasteiger partial charge in [0.05, 0.1) is 31.1 Å². The van der Waals surface area contributed by atoms with Crippen molar-refractivity contribution in [3.63, 3.8) is 0 Å². The summed E-state index contributed by atoms with van der Waals surface area (Å²) in [7, 11) is 0. The first-order valence-electron chi connectivity index (χ1n) is 4.34. The molecule has 1 fully saturated rings. The fourth-order valence-corrected chi connectivity index (χ4v) is 1.13. The number of amides is 1. The predicted molar refractivity (Wildman–Crippen MR) is 46.8 cm³/mol. The Balaban J connectivity index is 2.37. The predicted octanol–water partition coefficient (Wildman–Crippen LogP) is 0.441. The standard InChI is InChI=1S/C9H14N2O2/c1-7(3-4-10)11-8(12)9(2)5-13-6-9/h7H,3,5-6H2,1-2H3,(H,11,12). The van der Waals surface area contributed by atoms with Gasteiger partial charge in [0.2, 0.25) is 5.91 Å². The van der Waals surface area contributed by atoms with Gasteiger partial charge >= 0.3 is 0 Å². The van der Waals surface area contributed by atoms with E-state index in [4.69, 9.17) is 10.00 Å². The van der Waals surface area contributed by atoms with E-state index >= 15 is 0 Å². The van der Waals surface area contributed by atoms with Gasteiger partial charge in [-0.1, -0.05) is 0 Å². The number of carbonyl (C=O) groups is 1. The molecule has 72 valence electrons. The normalized spacial score (nSPS) is 21.0. The first kappa shape index (κ1) is 10.0. The molecule has 0 aromatic carbocycles. The average Bonchev–Trinajstić information content (AvgIpc) is 2.00. The van der Waals surface area contributed by atoms with Crippen molar-refractivity contribution in [3.8, 4) is 6.07 Å². The highest BCUT2D eigenvalue weighted by atomic mass is 16.5. The first-order chi connectivity index (χ1) is 6.08. The largest absolute Gasteiger partial charge is 0.379 e. The van der Waals surface area contributed by atoms with Gasteiger partial charge in [-0.3, -0.25) is 4.79 Å². The second-order valence-corrected chi connectivity index (χ2v) is 3.79. The zero-order valence-corrected chi connectivity index (χ0v) is 7.96. The summed E-state index contributed by atoms with van der Waals surface area (Å²) in [6.07, 6.45) is 0.350. The number of carbonyl (C=O) groups excluding carboxylic acids is 1. The molecule has 13 heavy (non-hydrogen) atoms. The summed E-state index contributed by atoms with van der Waals surface area (Å²) < 4.78 is 4.97. The molecule has 0 bridgehead atoms. The minimum Gasteiger partial charge on any atom is -0.379 e. The van der Waals surface area contributed by atoms with Crippen LogP contribution in [0.3, 0.4) is 0 Å². The minimum atomic E-state index is -0.371. The molecular weight excluding hydrogens is 168 g/mol. The van der Waals surface area contributed by atoms with Crippen LogP contribution < -0.4 is 5.32 Å². The van der Waals surface area contributed by atoms with Crippen molar-refractivity contribution in [1.82, 2.24) is 5.32 Å². The number of rotatable bonds is 3. The third-order valence-corrected chi connectivity index (χ3v) is 2.16. The molecular formula is C9H14N2O2. The van der Waals surface area contributed by atoms with Crippen molar-refractivity contribution in [2.45, 2.75) is 26.3 Å². The summed E-state index contributed by atoms with van der Waals surface area (Å²) in [6, 6.07) is 1.94. The van der Waals surface area contributed by atoms with Crippen LogP contribution in [0.1, 0.15) is 20.3 Å². The minimum absolute atomic E-state index is 0.0125. The molecule has 0 spiro atoms. The molecule has 4 heteroatoms. The van der Waals surface area contributed by atoms with Crippen molar-refractivity contribution in [2.75, 3.05) is 13.2 Å². The van der Waals surface area contributed by atoms with Crippen LogP contribution in [0.4, 0.5) is 0 Å². The highest BCUT2D eigenvalue weighted by Gasteiger charge is 2.41. The maximum absolute atomic E-state index is 11.5. The molecule has 0 aliphatic carbocycles. The lowest BCUT2D eigenvalue weighted by Crippen LogP contribution is -2.53. The third kappa shape index (κ3) is 2.19. The Morgan fingerprint density at radius 1 is 1.77 bits per heavy atom. The lowest BCUT2D eigenvalue weighted by Gasteiger charge is -2.36. The highest BCUT2D eigenvalue weighted by Crippen LogP contribution is 2.26. The lowest BCUT2D eigenvalue weighted by molar-refractivity contribution is -0.158. The Morgan fingerprint density at radius 3 is 2.77 bits per heavy atom. The van der Waals surface area contributed by atoms with Gasteiger partial charge < -0.3 is 10.1 Å². The Bertz CT molecular complexity index is 240. The Labute approximate surface area is 77.9 Å². The number of hydrogen-bond acceptors (Lipinski definition) is 3. The van der Waals surface area contributed by atoms with E-state index in [2.05, 4.69) is 5.32 Å². The van der Waals surface area contributed by atoms with Crippen molar-refractivity contribution in [3.05, 3.63) is 0 Å². The van der Waals surface area contributed by atoms with Crippen LogP contribution in [0.5, 0.6) is 0 Å². The van der Waals surface area contributed by atoms with E-state index in [9.17, 15) is 4.79 Å². The van der Waals surface area contributed by atoms with E-state index < -0.39 is 0 Å². The molecule has 0 aromatic rings. The molecule has 1 rings (SSSR count). The van der Waals surface area contributed by atoms with Gasteiger partial charge in [0.25, 0.3) is 0 Å². The second-order valence-electron chi connectivity index (χ2n) is 3.79. The van der Waals surface area contributed by atoms with Gasteiger partial charge in [0.1, 0.15) is 0 Å². The molecule has 1 atom stereocenters. The number of ether oxygens (including phenoxy) is 1. The quantitative estimate of drug-likeness (QED) is 0.689. The SMILES string of the molecule is CC(CC#N)NC(=O)C1(C)COC1. The summed E-state index contributed by atoms with van der Waals surface area (Å²) in [6.45, 7) is 4.66. The molecule has 1 aliphatic rings. The molecule has 1 unspecified atom stereocenters. The first-order valence-corrected chi connectivity index (χ1v) is 4.34. The van der Waals surface area contributed by atoms with Gasteiger partial charge in [-0.25, -0.2) is 0 Å². The fourth-order valence-electron chi connectivity index (χ4n) is 1.13. The van der Waals surface area contributed by atoms with Crippen LogP contribution in [-0.2, 0) is 9.53 Å². The number of nitrogens with zero attached hydrogens (tertiary/aromatic N) is 1. The van der Waals surface area contributed by atoms with Crippen LogP contribution in [0.15, 0.2) is 0 Å². The summed E-state index contributed by atoms with van der Waals surface area (Å²) in [5.74, 6) is -0.0125. The molecule has 0 aromatic heterocycles. The van der Waals surface area contributed by atoms with Crippen LogP contribution in [0.2, 0.25) is 0 Å². The Morgan fingerprint density at radius 2 is 2.38 bits per heavy atom. The van der Waals surface area contributed by atoms with Crippen LogP contribution in [0.25, 0.3) is 0 Å². The molecule has 1 amide bonds. The second kappa shape index (κ2) is 3.75. The van der Waals surface area contributed by atoms with Crippen LogP contribution >= 0.6 is 0 Å². The molecule has 1 heterocycles. The molecule has 0 saturated carbocycles. The zero-order chi connectivity index (χ0) is 9.90. The molecule has 1 saturated heterocycles. The summed E-state index contributed by atoms with van der Waals surface area (Å²) in [5, 5.41) is 11.2. The summed E-state index contributed by atoms with van der Waals surface area (Å²) in [4.78, 5) is 11.5. The Kier molecular flexibility index (Phi) is 2.89. The van der Waals surface area contributed by atoms with E-state index in [1.165, 1.54) is 0 Å². The molecule has 1 aliphatic heterocycles. The van der Waals surface area contributed by atoms with E-state index in [-0.39, 0.29) is 17.4 Å². The Hall–Kier alpha value is -1.08. The van der Waals surface area contributed by atoms with Crippen molar-refractivity contribution in [2.24, 2.45) is 5.41 Å². The van der Waals surface area contributed by atoms with Gasteiger partial charge in [-0.05, 0) is 13.8 Å². The number of nitriles is 1. The molecule has 0 radical (unpaired) electrons. The van der Waals surface area contributed by atoms with Crippen molar-refractivity contribution < 1.29 is 9.53 Å². The lowest BCUT2D eigenvalue weighted by atomic mass is 9.87. The third-order valence-electron chi connectivity index (χ3n) is 2.16. The van der Waals surface area contributed by atoms with E-state index in [1.807, 2.05) is 19.9 Å². The number of nitrogens with one attached hydrogen (secondary N) is 1. The maximum Gasteiger partial charge on any atom is 0.230 e. The van der Waals surface area contributed by atoms with Crippen LogP contribution in [-0.4, -0.2) is 25.2 Å². The average molecular weight is 182 g/mol. The van der Waals surface area contributed by atoms with E-state index in [1.54, 1.807) is 0 Å². The van der Waals surface area contributed by atoms with E-state index in [0.29, 0.717) is 19.6 Å². The summed E-state index contributed by atoms with van der Waals surface area (Å²) in [5.41, 5.74) is -0.371. The number of hydrogen-bond donors (Lipinski definition) is 1. The van der Waals surface area contributed by atoms with Gasteiger partial charge in [-0.2, -0.15) is 5.26 Å². The molecule has 4 nitrogen and oxygen atoms in total. The summed E-state index contributed by atoms with van der Waals surface area (Å²) >= 11 is 0. The van der Waals surface area contributed by atoms with Crippen molar-refractivity contribution in [1.29, 1.82) is 5.26 Å². The molecule has 1 N–H and O–H groups in total. The zero-order valence-electron chi connectivity index (χ0n) is 7.96. The highest BCUT2D eigenvalue weighted by molar-refractivity contribution is 5.83. The van der Waals surface area contributed by atoms with Gasteiger partial charge in [0, 0.05) is 6.04 Å². The van der Waals surface area contributed by atoms with Crippen LogP contribution in [0, 0.1) is 16.7 Å². The smallest absolute Gasteiger partial charge is 0.230 e. The van der Waals surface area contributed by atoms with Gasteiger partial charge in [0.15, 0.2) is 0 Å².